The van der Waals surface area contributed by atoms with Crippen LogP contribution in [0.1, 0.15) is 37.3 Å². The molecule has 1 saturated heterocycles. The molecule has 8 nitrogen and oxygen atoms in total. The van der Waals surface area contributed by atoms with Gasteiger partial charge in [0.1, 0.15) is 10.8 Å². The summed E-state index contributed by atoms with van der Waals surface area (Å²) in [7, 11) is 0. The van der Waals surface area contributed by atoms with Crippen molar-refractivity contribution < 1.29 is 19.4 Å². The second-order valence-electron chi connectivity index (χ2n) is 6.49. The van der Waals surface area contributed by atoms with Crippen molar-refractivity contribution in [1.29, 1.82) is 0 Å². The van der Waals surface area contributed by atoms with E-state index in [-0.39, 0.29) is 5.91 Å². The maximum absolute atomic E-state index is 12.9. The second-order valence-corrected chi connectivity index (χ2v) is 8.66. The number of hydrogen-bond acceptors (Lipinski definition) is 8. The standard InChI is InChI=1S/C20H22N4O4S2/c1-4-10-24-17(25)16(30-20(24)21-19-23-22-12(3)29-19)11-13-6-8-14(9-7-13)28-15(5-2)18(26)27/h6-9,11,15H,4-5,10H2,1-3H3,(H,26,27)/b16-11+,21-20+. The Hall–Kier alpha value is -2.72. The van der Waals surface area contributed by atoms with Gasteiger partial charge in [-0.3, -0.25) is 9.69 Å². The molecule has 1 aromatic heterocycles. The third kappa shape index (κ3) is 5.25. The number of ether oxygens (including phenoxy) is 1. The van der Waals surface area contributed by atoms with Crippen molar-refractivity contribution in [3.8, 4) is 5.75 Å². The van der Waals surface area contributed by atoms with Gasteiger partial charge in [0.25, 0.3) is 5.91 Å². The molecule has 0 radical (unpaired) electrons. The number of nitrogens with zero attached hydrogens (tertiary/aromatic N) is 4. The minimum atomic E-state index is -0.995. The molecule has 1 atom stereocenters. The fourth-order valence-electron chi connectivity index (χ4n) is 2.69. The molecule has 0 bridgehead atoms. The molecule has 0 saturated carbocycles. The Bertz CT molecular complexity index is 985. The number of amides is 1. The van der Waals surface area contributed by atoms with Crippen LogP contribution in [0.15, 0.2) is 34.2 Å². The fraction of sp³-hybridized carbons (Fsp3) is 0.350. The highest BCUT2D eigenvalue weighted by atomic mass is 32.2. The van der Waals surface area contributed by atoms with Gasteiger partial charge in [0.05, 0.1) is 4.91 Å². The molecule has 30 heavy (non-hydrogen) atoms. The van der Waals surface area contributed by atoms with Crippen LogP contribution in [0.2, 0.25) is 0 Å². The fourth-order valence-corrected chi connectivity index (χ4v) is 4.32. The largest absolute Gasteiger partial charge is 0.479 e. The van der Waals surface area contributed by atoms with Crippen LogP contribution >= 0.6 is 23.1 Å². The Kier molecular flexibility index (Phi) is 7.22. The van der Waals surface area contributed by atoms with Crippen LogP contribution in [-0.4, -0.2) is 49.9 Å². The van der Waals surface area contributed by atoms with Gasteiger partial charge in [0.2, 0.25) is 5.13 Å². The van der Waals surface area contributed by atoms with Gasteiger partial charge in [-0.1, -0.05) is 37.3 Å². The van der Waals surface area contributed by atoms with Gasteiger partial charge < -0.3 is 9.84 Å². The lowest BCUT2D eigenvalue weighted by atomic mass is 10.2. The van der Waals surface area contributed by atoms with Crippen molar-refractivity contribution in [2.75, 3.05) is 6.54 Å². The van der Waals surface area contributed by atoms with Gasteiger partial charge >= 0.3 is 5.97 Å². The van der Waals surface area contributed by atoms with E-state index in [1.807, 2.05) is 13.8 Å². The minimum Gasteiger partial charge on any atom is -0.479 e. The van der Waals surface area contributed by atoms with Crippen molar-refractivity contribution in [1.82, 2.24) is 15.1 Å². The summed E-state index contributed by atoms with van der Waals surface area (Å²) < 4.78 is 5.47. The molecule has 2 heterocycles. The molecule has 2 aromatic rings. The summed E-state index contributed by atoms with van der Waals surface area (Å²) in [6.45, 7) is 6.19. The zero-order chi connectivity index (χ0) is 21.7. The normalized spacial score (nSPS) is 17.7. The maximum atomic E-state index is 12.9. The molecule has 158 valence electrons. The third-order valence-electron chi connectivity index (χ3n) is 4.14. The predicted molar refractivity (Wildman–Crippen MR) is 118 cm³/mol. The number of aromatic nitrogens is 2. The van der Waals surface area contributed by atoms with Crippen LogP contribution < -0.4 is 4.74 Å². The highest BCUT2D eigenvalue weighted by Crippen LogP contribution is 2.35. The molecular formula is C20H22N4O4S2. The number of aliphatic imine (C=N–C) groups is 1. The van der Waals surface area contributed by atoms with Gasteiger partial charge in [-0.15, -0.1) is 10.2 Å². The summed E-state index contributed by atoms with van der Waals surface area (Å²) in [4.78, 5) is 30.7. The molecule has 1 aliphatic heterocycles. The van der Waals surface area contributed by atoms with Crippen molar-refractivity contribution in [3.63, 3.8) is 0 Å². The first-order chi connectivity index (χ1) is 14.4. The monoisotopic (exact) mass is 446 g/mol. The van der Waals surface area contributed by atoms with Crippen LogP contribution in [0.5, 0.6) is 5.75 Å². The number of carbonyl (C=O) groups excluding carboxylic acids is 1. The van der Waals surface area contributed by atoms with E-state index >= 15 is 0 Å². The van der Waals surface area contributed by atoms with E-state index in [9.17, 15) is 9.59 Å². The first kappa shape index (κ1) is 22.0. The van der Waals surface area contributed by atoms with Crippen LogP contribution in [0, 0.1) is 6.92 Å². The Morgan fingerprint density at radius 1 is 1.30 bits per heavy atom. The smallest absolute Gasteiger partial charge is 0.344 e. The lowest BCUT2D eigenvalue weighted by molar-refractivity contribution is -0.145. The molecule has 0 spiro atoms. The molecule has 10 heteroatoms. The number of aliphatic carboxylic acids is 1. The van der Waals surface area contributed by atoms with Gasteiger partial charge in [-0.25, -0.2) is 4.79 Å². The molecule has 1 unspecified atom stereocenters. The first-order valence-electron chi connectivity index (χ1n) is 9.51. The summed E-state index contributed by atoms with van der Waals surface area (Å²) in [5.41, 5.74) is 0.811. The molecule has 1 N–H and O–H groups in total. The van der Waals surface area contributed by atoms with Crippen LogP contribution in [0.3, 0.4) is 0 Å². The topological polar surface area (TPSA) is 105 Å². The van der Waals surface area contributed by atoms with Crippen molar-refractivity contribution in [2.24, 2.45) is 4.99 Å². The molecule has 0 aliphatic carbocycles. The highest BCUT2D eigenvalue weighted by Gasteiger charge is 2.33. The summed E-state index contributed by atoms with van der Waals surface area (Å²) >= 11 is 2.68. The van der Waals surface area contributed by atoms with Crippen molar-refractivity contribution in [2.45, 2.75) is 39.7 Å². The molecule has 1 aliphatic rings. The minimum absolute atomic E-state index is 0.0981. The van der Waals surface area contributed by atoms with Gasteiger partial charge in [0, 0.05) is 6.54 Å². The van der Waals surface area contributed by atoms with E-state index in [0.717, 1.165) is 17.0 Å². The number of carboxylic acid groups (broad SMARTS) is 1. The zero-order valence-corrected chi connectivity index (χ0v) is 18.5. The first-order valence-corrected chi connectivity index (χ1v) is 11.1. The Labute approximate surface area is 182 Å². The Balaban J connectivity index is 1.80. The summed E-state index contributed by atoms with van der Waals surface area (Å²) in [5, 5.41) is 19.0. The SMILES string of the molecule is CCCN1C(=O)/C(=C\c2ccc(OC(CC)C(=O)O)cc2)S/C1=N/c1nnc(C)s1. The molecule has 1 fully saturated rings. The van der Waals surface area contributed by atoms with E-state index in [4.69, 9.17) is 9.84 Å². The predicted octanol–water partition coefficient (Wildman–Crippen LogP) is 4.10. The number of amidine groups is 1. The van der Waals surface area contributed by atoms with Crippen molar-refractivity contribution >= 4 is 51.4 Å². The summed E-state index contributed by atoms with van der Waals surface area (Å²) in [6.07, 6.45) is 2.09. The number of hydrogen-bond donors (Lipinski definition) is 1. The quantitative estimate of drug-likeness (QED) is 0.609. The average molecular weight is 447 g/mol. The number of rotatable bonds is 8. The number of carboxylic acids is 1. The zero-order valence-electron chi connectivity index (χ0n) is 16.9. The summed E-state index contributed by atoms with van der Waals surface area (Å²) in [5.74, 6) is -0.623. The molecule has 1 amide bonds. The van der Waals surface area contributed by atoms with Gasteiger partial charge in [-0.2, -0.15) is 4.99 Å². The van der Waals surface area contributed by atoms with Gasteiger partial charge in [-0.05, 0) is 55.3 Å². The lowest BCUT2D eigenvalue weighted by Crippen LogP contribution is -2.29. The van der Waals surface area contributed by atoms with E-state index < -0.39 is 12.1 Å². The number of carbonyl (C=O) groups is 2. The molecular weight excluding hydrogens is 424 g/mol. The van der Waals surface area contributed by atoms with Crippen molar-refractivity contribution in [3.05, 3.63) is 39.7 Å². The van der Waals surface area contributed by atoms with E-state index in [0.29, 0.717) is 33.9 Å². The lowest BCUT2D eigenvalue weighted by Gasteiger charge is -2.13. The number of thioether (sulfide) groups is 1. The van der Waals surface area contributed by atoms with E-state index in [2.05, 4.69) is 15.2 Å². The Morgan fingerprint density at radius 2 is 2.03 bits per heavy atom. The van der Waals surface area contributed by atoms with Crippen LogP contribution in [-0.2, 0) is 9.59 Å². The van der Waals surface area contributed by atoms with E-state index in [1.165, 1.54) is 23.1 Å². The van der Waals surface area contributed by atoms with Crippen LogP contribution in [0.4, 0.5) is 5.13 Å². The molecule has 1 aromatic carbocycles. The van der Waals surface area contributed by atoms with Gasteiger partial charge in [0.15, 0.2) is 11.3 Å². The summed E-state index contributed by atoms with van der Waals surface area (Å²) in [6, 6.07) is 6.98. The Morgan fingerprint density at radius 3 is 2.60 bits per heavy atom. The second kappa shape index (κ2) is 9.86. The molecule has 3 rings (SSSR count). The highest BCUT2D eigenvalue weighted by molar-refractivity contribution is 8.18. The number of benzene rings is 1. The number of aryl methyl sites for hydroxylation is 1. The maximum Gasteiger partial charge on any atom is 0.344 e. The van der Waals surface area contributed by atoms with Crippen LogP contribution in [0.25, 0.3) is 6.08 Å². The van der Waals surface area contributed by atoms with E-state index in [1.54, 1.807) is 42.2 Å². The average Bonchev–Trinajstić information content (AvgIpc) is 3.25. The third-order valence-corrected chi connectivity index (χ3v) is 5.88.